The van der Waals surface area contributed by atoms with Gasteiger partial charge in [-0.25, -0.2) is 0 Å². The number of nitrogens with zero attached hydrogens (tertiary/aromatic N) is 1. The van der Waals surface area contributed by atoms with Gasteiger partial charge < -0.3 is 0 Å². The molecule has 0 N–H and O–H groups in total. The third kappa shape index (κ3) is 2.90. The topological polar surface area (TPSA) is 12.9 Å². The van der Waals surface area contributed by atoms with E-state index in [0.717, 1.165) is 3.71 Å². The molecule has 1 heterocycles. The van der Waals surface area contributed by atoms with Gasteiger partial charge in [0.2, 0.25) is 0 Å². The monoisotopic (exact) mass is 293 g/mol. The van der Waals surface area contributed by atoms with Crippen molar-refractivity contribution in [1.29, 1.82) is 0 Å². The first kappa shape index (κ1) is 10.9. The van der Waals surface area contributed by atoms with Crippen molar-refractivity contribution in [3.63, 3.8) is 0 Å². The van der Waals surface area contributed by atoms with Crippen LogP contribution in [0.25, 0.3) is 0 Å². The van der Waals surface area contributed by atoms with Gasteiger partial charge in [-0.2, -0.15) is 0 Å². The molecule has 0 unspecified atom stereocenters. The second kappa shape index (κ2) is 3.90. The number of rotatable bonds is 2. The van der Waals surface area contributed by atoms with Gasteiger partial charge in [-0.3, -0.25) is 0 Å². The number of alkyl halides is 2. The van der Waals surface area contributed by atoms with Crippen LogP contribution in [-0.2, 0) is 0 Å². The number of halogens is 2. The van der Waals surface area contributed by atoms with Gasteiger partial charge in [0.1, 0.15) is 0 Å². The fourth-order valence-corrected chi connectivity index (χ4v) is 4.02. The maximum atomic E-state index is 12.3. The summed E-state index contributed by atoms with van der Waals surface area (Å²) in [6.07, 6.45) is -2.45. The number of aromatic nitrogens is 1. The normalized spacial score (nSPS) is 12.2. The summed E-state index contributed by atoms with van der Waals surface area (Å²) in [4.78, 5) is 10.5. The van der Waals surface area contributed by atoms with Crippen molar-refractivity contribution >= 4 is 22.1 Å². The third-order valence-electron chi connectivity index (χ3n) is 1.76. The van der Waals surface area contributed by atoms with Gasteiger partial charge in [-0.1, -0.05) is 0 Å². The van der Waals surface area contributed by atoms with E-state index < -0.39 is 24.8 Å². The standard InChI is InChI=1S/C6H4F2N.3CH3.Sn/c7-6(8)5-3-1-2-4-9-5;;;;/h1-3,6H;3*1H3;. The fourth-order valence-electron chi connectivity index (χ4n) is 0.991. The zero-order valence-corrected chi connectivity index (χ0v) is 10.9. The molecule has 0 saturated carbocycles. The minimum atomic E-state index is -2.45. The summed E-state index contributed by atoms with van der Waals surface area (Å²) in [5.41, 5.74) is -0.0934. The molecule has 0 atom stereocenters. The molecule has 1 aromatic heterocycles. The van der Waals surface area contributed by atoms with E-state index >= 15 is 0 Å². The molecule has 0 aliphatic heterocycles. The average molecular weight is 292 g/mol. The predicted molar refractivity (Wildman–Crippen MR) is 52.2 cm³/mol. The Morgan fingerprint density at radius 3 is 2.31 bits per heavy atom. The second-order valence-electron chi connectivity index (χ2n) is 4.00. The molecule has 0 bridgehead atoms. The summed E-state index contributed by atoms with van der Waals surface area (Å²) < 4.78 is 25.5. The molecule has 0 aliphatic rings. The van der Waals surface area contributed by atoms with Gasteiger partial charge in [-0.05, 0) is 0 Å². The Hall–Kier alpha value is -0.191. The number of hydrogen-bond donors (Lipinski definition) is 0. The molecule has 0 radical (unpaired) electrons. The Kier molecular flexibility index (Phi) is 3.27. The van der Waals surface area contributed by atoms with E-state index in [0.29, 0.717) is 0 Å². The first-order chi connectivity index (χ1) is 5.91. The van der Waals surface area contributed by atoms with Crippen LogP contribution in [0.5, 0.6) is 0 Å². The van der Waals surface area contributed by atoms with Crippen LogP contribution < -0.4 is 3.71 Å². The molecule has 4 heteroatoms. The third-order valence-corrected chi connectivity index (χ3v) is 6.94. The SMILES string of the molecule is [CH3][Sn]([CH3])([CH3])[c]1cccc(C(F)F)n1. The average Bonchev–Trinajstić information content (AvgIpc) is 2.03. The summed E-state index contributed by atoms with van der Waals surface area (Å²) in [7, 11) is 0. The molecular weight excluding hydrogens is 279 g/mol. The van der Waals surface area contributed by atoms with Crippen molar-refractivity contribution in [1.82, 2.24) is 4.98 Å². The molecule has 0 aliphatic carbocycles. The van der Waals surface area contributed by atoms with Crippen LogP contribution in [0.1, 0.15) is 12.1 Å². The van der Waals surface area contributed by atoms with Crippen molar-refractivity contribution in [3.8, 4) is 0 Å². The molecule has 0 fully saturated rings. The van der Waals surface area contributed by atoms with Crippen LogP contribution in [0.3, 0.4) is 0 Å². The first-order valence-corrected chi connectivity index (χ1v) is 14.2. The summed E-state index contributed by atoms with van der Waals surface area (Å²) in [6.45, 7) is 0. The van der Waals surface area contributed by atoms with Crippen LogP contribution in [0.4, 0.5) is 8.78 Å². The van der Waals surface area contributed by atoms with Crippen LogP contribution in [0.2, 0.25) is 14.8 Å². The van der Waals surface area contributed by atoms with Crippen LogP contribution in [0, 0.1) is 0 Å². The van der Waals surface area contributed by atoms with Crippen molar-refractivity contribution in [2.45, 2.75) is 21.2 Å². The Morgan fingerprint density at radius 1 is 1.23 bits per heavy atom. The zero-order valence-electron chi connectivity index (χ0n) is 8.01. The molecule has 13 heavy (non-hydrogen) atoms. The van der Waals surface area contributed by atoms with E-state index in [1.165, 1.54) is 6.07 Å². The van der Waals surface area contributed by atoms with Crippen molar-refractivity contribution in [3.05, 3.63) is 23.9 Å². The minimum absolute atomic E-state index is 0.0934. The number of hydrogen-bond acceptors (Lipinski definition) is 1. The fraction of sp³-hybridized carbons (Fsp3) is 0.444. The first-order valence-electron chi connectivity index (χ1n) is 4.17. The predicted octanol–water partition coefficient (Wildman–Crippen LogP) is 2.56. The van der Waals surface area contributed by atoms with Crippen molar-refractivity contribution in [2.75, 3.05) is 0 Å². The quantitative estimate of drug-likeness (QED) is 0.763. The van der Waals surface area contributed by atoms with Gasteiger partial charge in [0.05, 0.1) is 0 Å². The molecule has 1 aromatic rings. The number of pyridine rings is 1. The van der Waals surface area contributed by atoms with Crippen LogP contribution in [-0.4, -0.2) is 23.4 Å². The van der Waals surface area contributed by atoms with Crippen LogP contribution in [0.15, 0.2) is 18.2 Å². The van der Waals surface area contributed by atoms with Crippen LogP contribution >= 0.6 is 0 Å². The van der Waals surface area contributed by atoms with E-state index in [-0.39, 0.29) is 5.69 Å². The van der Waals surface area contributed by atoms with E-state index in [2.05, 4.69) is 19.8 Å². The molecule has 0 saturated heterocycles. The Morgan fingerprint density at radius 2 is 1.85 bits per heavy atom. The van der Waals surface area contributed by atoms with Gasteiger partial charge in [0.25, 0.3) is 0 Å². The van der Waals surface area contributed by atoms with Gasteiger partial charge in [0.15, 0.2) is 0 Å². The summed E-state index contributed by atoms with van der Waals surface area (Å²) in [5, 5.41) is 0. The Bertz CT molecular complexity index is 294. The van der Waals surface area contributed by atoms with Crippen molar-refractivity contribution in [2.24, 2.45) is 0 Å². The van der Waals surface area contributed by atoms with E-state index in [1.54, 1.807) is 6.07 Å². The molecular formula is C9H13F2NSn. The second-order valence-corrected chi connectivity index (χ2v) is 18.3. The molecule has 0 spiro atoms. The van der Waals surface area contributed by atoms with E-state index in [9.17, 15) is 8.78 Å². The Labute approximate surface area is 81.1 Å². The zero-order chi connectivity index (χ0) is 10.1. The maximum absolute atomic E-state index is 12.3. The van der Waals surface area contributed by atoms with Gasteiger partial charge in [-0.15, -0.1) is 0 Å². The molecule has 0 aromatic carbocycles. The summed E-state index contributed by atoms with van der Waals surface area (Å²) >= 11 is -2.26. The molecule has 0 amide bonds. The summed E-state index contributed by atoms with van der Waals surface area (Å²) in [6, 6.07) is 4.92. The van der Waals surface area contributed by atoms with Gasteiger partial charge >= 0.3 is 81.0 Å². The molecule has 1 nitrogen and oxygen atoms in total. The van der Waals surface area contributed by atoms with Gasteiger partial charge in [0, 0.05) is 0 Å². The molecule has 72 valence electrons. The Balaban J connectivity index is 3.06. The van der Waals surface area contributed by atoms with Crippen molar-refractivity contribution < 1.29 is 8.78 Å². The molecule has 1 rings (SSSR count). The summed E-state index contributed by atoms with van der Waals surface area (Å²) in [5.74, 6) is 0. The van der Waals surface area contributed by atoms with E-state index in [1.807, 2.05) is 6.07 Å². The van der Waals surface area contributed by atoms with E-state index in [4.69, 9.17) is 0 Å².